The fraction of sp³-hybridized carbons (Fsp3) is 0.409. The van der Waals surface area contributed by atoms with Crippen LogP contribution in [0.3, 0.4) is 0 Å². The second-order valence-electron chi connectivity index (χ2n) is 7.26. The van der Waals surface area contributed by atoms with Gasteiger partial charge in [-0.2, -0.15) is 0 Å². The molecule has 1 heterocycles. The molecule has 1 N–H and O–H groups in total. The molecule has 1 fully saturated rings. The van der Waals surface area contributed by atoms with E-state index in [0.29, 0.717) is 6.04 Å². The van der Waals surface area contributed by atoms with E-state index in [1.165, 1.54) is 22.4 Å². The van der Waals surface area contributed by atoms with Gasteiger partial charge in [-0.3, -0.25) is 4.79 Å². The molecule has 0 spiro atoms. The van der Waals surface area contributed by atoms with Gasteiger partial charge in [0, 0.05) is 16.8 Å². The number of hydrogen-bond donors (Lipinski definition) is 1. The molecule has 0 amide bonds. The lowest BCUT2D eigenvalue weighted by atomic mass is 10.0. The van der Waals surface area contributed by atoms with Gasteiger partial charge in [0.2, 0.25) is 0 Å². The van der Waals surface area contributed by atoms with E-state index in [-0.39, 0.29) is 0 Å². The molecule has 2 aromatic rings. The van der Waals surface area contributed by atoms with Crippen LogP contribution < -0.4 is 14.5 Å². The Labute approximate surface area is 156 Å². The van der Waals surface area contributed by atoms with E-state index in [1.807, 2.05) is 24.3 Å². The normalized spacial score (nSPS) is 16.4. The van der Waals surface area contributed by atoms with Gasteiger partial charge in [-0.25, -0.2) is 0 Å². The molecule has 1 atom stereocenters. The van der Waals surface area contributed by atoms with Crippen molar-refractivity contribution < 1.29 is 14.4 Å². The molecule has 4 nitrogen and oxygen atoms in total. The van der Waals surface area contributed by atoms with Crippen molar-refractivity contribution in [3.63, 3.8) is 0 Å². The number of carbonyl (C=O) groups is 1. The van der Waals surface area contributed by atoms with E-state index in [4.69, 9.17) is 4.74 Å². The van der Waals surface area contributed by atoms with Gasteiger partial charge >= 0.3 is 0 Å². The second-order valence-corrected chi connectivity index (χ2v) is 7.26. The van der Waals surface area contributed by atoms with Crippen molar-refractivity contribution in [2.75, 3.05) is 38.2 Å². The second kappa shape index (κ2) is 7.92. The molecule has 4 heteroatoms. The number of nitrogens with one attached hydrogen (secondary N) is 1. The van der Waals surface area contributed by atoms with Crippen LogP contribution in [0.25, 0.3) is 0 Å². The molecule has 0 bridgehead atoms. The summed E-state index contributed by atoms with van der Waals surface area (Å²) in [7, 11) is 1.70. The number of aryl methyl sites for hydroxylation is 2. The Morgan fingerprint density at radius 1 is 1.08 bits per heavy atom. The Hall–Kier alpha value is -2.33. The Balaban J connectivity index is 1.68. The number of hydrogen-bond acceptors (Lipinski definition) is 3. The predicted molar refractivity (Wildman–Crippen MR) is 106 cm³/mol. The number of anilines is 1. The average molecular weight is 353 g/mol. The molecule has 1 aliphatic rings. The number of aldehydes is 1. The molecule has 0 saturated carbocycles. The van der Waals surface area contributed by atoms with Crippen molar-refractivity contribution in [3.8, 4) is 5.75 Å². The Bertz CT molecular complexity index is 739. The summed E-state index contributed by atoms with van der Waals surface area (Å²) in [5.41, 5.74) is 5.81. The molecule has 0 aliphatic carbocycles. The molecule has 0 aromatic heterocycles. The molecule has 138 valence electrons. The third kappa shape index (κ3) is 3.75. The summed E-state index contributed by atoms with van der Waals surface area (Å²) in [6.07, 6.45) is 0.933. The first-order chi connectivity index (χ1) is 12.5. The molecule has 0 unspecified atom stereocenters. The van der Waals surface area contributed by atoms with Gasteiger partial charge in [0.05, 0.1) is 33.3 Å². The number of quaternary nitrogens is 1. The number of methoxy groups -OCH3 is 1. The topological polar surface area (TPSA) is 34.0 Å². The van der Waals surface area contributed by atoms with Gasteiger partial charge in [0.1, 0.15) is 18.1 Å². The third-order valence-corrected chi connectivity index (χ3v) is 5.60. The first-order valence-corrected chi connectivity index (χ1v) is 9.33. The van der Waals surface area contributed by atoms with E-state index in [1.54, 1.807) is 12.0 Å². The van der Waals surface area contributed by atoms with Crippen molar-refractivity contribution in [1.29, 1.82) is 0 Å². The summed E-state index contributed by atoms with van der Waals surface area (Å²) in [4.78, 5) is 15.2. The van der Waals surface area contributed by atoms with E-state index >= 15 is 0 Å². The van der Waals surface area contributed by atoms with Crippen LogP contribution in [0.4, 0.5) is 5.69 Å². The molecular weight excluding hydrogens is 324 g/mol. The van der Waals surface area contributed by atoms with Crippen LogP contribution in [-0.2, 0) is 0 Å². The van der Waals surface area contributed by atoms with Crippen LogP contribution in [0.15, 0.2) is 36.4 Å². The summed E-state index contributed by atoms with van der Waals surface area (Å²) in [5.74, 6) is 0.908. The van der Waals surface area contributed by atoms with Crippen molar-refractivity contribution in [3.05, 3.63) is 58.7 Å². The average Bonchev–Trinajstić information content (AvgIpc) is 2.67. The fourth-order valence-electron chi connectivity index (χ4n) is 4.14. The Morgan fingerprint density at radius 3 is 2.15 bits per heavy atom. The predicted octanol–water partition coefficient (Wildman–Crippen LogP) is 2.59. The molecule has 1 aliphatic heterocycles. The first-order valence-electron chi connectivity index (χ1n) is 9.33. The van der Waals surface area contributed by atoms with Gasteiger partial charge < -0.3 is 14.5 Å². The van der Waals surface area contributed by atoms with E-state index in [0.717, 1.165) is 43.8 Å². The Morgan fingerprint density at radius 2 is 1.65 bits per heavy atom. The summed E-state index contributed by atoms with van der Waals surface area (Å²) >= 11 is 0. The van der Waals surface area contributed by atoms with Crippen molar-refractivity contribution in [1.82, 2.24) is 0 Å². The van der Waals surface area contributed by atoms with E-state index < -0.39 is 0 Å². The number of carbonyl (C=O) groups excluding carboxylic acids is 1. The Kier molecular flexibility index (Phi) is 5.62. The maximum atomic E-state index is 11.1. The lowest BCUT2D eigenvalue weighted by molar-refractivity contribution is -0.930. The smallest absolute Gasteiger partial charge is 0.150 e. The zero-order chi connectivity index (χ0) is 18.7. The lowest BCUT2D eigenvalue weighted by Crippen LogP contribution is -3.14. The molecule has 3 rings (SSSR count). The largest absolute Gasteiger partial charge is 0.497 e. The highest BCUT2D eigenvalue weighted by Crippen LogP contribution is 2.26. The molecular formula is C22H29N2O2+. The maximum absolute atomic E-state index is 11.1. The van der Waals surface area contributed by atoms with Gasteiger partial charge in [-0.05, 0) is 68.3 Å². The SMILES string of the molecule is COc1ccc([C@H](C)[NH+]2CCN(c3c(C)cc(C=O)cc3C)CC2)cc1. The molecule has 2 aromatic carbocycles. The van der Waals surface area contributed by atoms with E-state index in [2.05, 4.69) is 37.8 Å². The zero-order valence-corrected chi connectivity index (χ0v) is 16.2. The van der Waals surface area contributed by atoms with Gasteiger partial charge in [0.15, 0.2) is 0 Å². The van der Waals surface area contributed by atoms with Crippen molar-refractivity contribution in [2.24, 2.45) is 0 Å². The highest BCUT2D eigenvalue weighted by Gasteiger charge is 2.27. The van der Waals surface area contributed by atoms with Gasteiger partial charge in [-0.15, -0.1) is 0 Å². The quantitative estimate of drug-likeness (QED) is 0.839. The van der Waals surface area contributed by atoms with Crippen LogP contribution in [0.1, 0.15) is 40.0 Å². The van der Waals surface area contributed by atoms with E-state index in [9.17, 15) is 4.79 Å². The number of nitrogens with zero attached hydrogens (tertiary/aromatic N) is 1. The monoisotopic (exact) mass is 353 g/mol. The highest BCUT2D eigenvalue weighted by molar-refractivity contribution is 5.78. The number of ether oxygens (including phenoxy) is 1. The summed E-state index contributed by atoms with van der Waals surface area (Å²) in [6.45, 7) is 10.8. The van der Waals surface area contributed by atoms with Crippen molar-refractivity contribution in [2.45, 2.75) is 26.8 Å². The van der Waals surface area contributed by atoms with Crippen LogP contribution in [-0.4, -0.2) is 39.6 Å². The number of piperazine rings is 1. The van der Waals surface area contributed by atoms with Crippen LogP contribution in [0.5, 0.6) is 5.75 Å². The maximum Gasteiger partial charge on any atom is 0.150 e. The fourth-order valence-corrected chi connectivity index (χ4v) is 4.14. The van der Waals surface area contributed by atoms with Gasteiger partial charge in [-0.1, -0.05) is 0 Å². The number of rotatable bonds is 5. The van der Waals surface area contributed by atoms with Crippen molar-refractivity contribution >= 4 is 12.0 Å². The molecule has 26 heavy (non-hydrogen) atoms. The van der Waals surface area contributed by atoms with Crippen LogP contribution in [0, 0.1) is 13.8 Å². The lowest BCUT2D eigenvalue weighted by Gasteiger charge is -2.38. The summed E-state index contributed by atoms with van der Waals surface area (Å²) < 4.78 is 5.26. The third-order valence-electron chi connectivity index (χ3n) is 5.60. The zero-order valence-electron chi connectivity index (χ0n) is 16.2. The summed E-state index contributed by atoms with van der Waals surface area (Å²) in [5, 5.41) is 0. The minimum Gasteiger partial charge on any atom is -0.497 e. The minimum atomic E-state index is 0.475. The summed E-state index contributed by atoms with van der Waals surface area (Å²) in [6, 6.07) is 12.9. The van der Waals surface area contributed by atoms with Crippen LogP contribution >= 0.6 is 0 Å². The highest BCUT2D eigenvalue weighted by atomic mass is 16.5. The first kappa shape index (κ1) is 18.5. The minimum absolute atomic E-state index is 0.475. The molecule has 1 saturated heterocycles. The van der Waals surface area contributed by atoms with Gasteiger partial charge in [0.25, 0.3) is 0 Å². The standard InChI is InChI=1S/C22H28N2O2/c1-16-13-19(15-25)14-17(2)22(16)24-11-9-23(10-12-24)18(3)20-5-7-21(26-4)8-6-20/h5-8,13-15,18H,9-12H2,1-4H3/p+1/t18-/m0/s1. The number of benzene rings is 2. The van der Waals surface area contributed by atoms with Crippen LogP contribution in [0.2, 0.25) is 0 Å². The molecule has 0 radical (unpaired) electrons.